The third kappa shape index (κ3) is 2.99. The van der Waals surface area contributed by atoms with Gasteiger partial charge >= 0.3 is 0 Å². The lowest BCUT2D eigenvalue weighted by atomic mass is 10.2. The van der Waals surface area contributed by atoms with Crippen LogP contribution in [-0.2, 0) is 6.61 Å². The number of hydrogen-bond acceptors (Lipinski definition) is 3. The predicted molar refractivity (Wildman–Crippen MR) is 71.0 cm³/mol. The summed E-state index contributed by atoms with van der Waals surface area (Å²) < 4.78 is 5.58. The van der Waals surface area contributed by atoms with E-state index in [9.17, 15) is 0 Å². The van der Waals surface area contributed by atoms with Crippen molar-refractivity contribution in [2.45, 2.75) is 6.61 Å². The van der Waals surface area contributed by atoms with Gasteiger partial charge in [0.1, 0.15) is 18.2 Å². The van der Waals surface area contributed by atoms with Crippen LogP contribution >= 0.6 is 11.6 Å². The number of amidine groups is 1. The number of pyridine rings is 1. The molecule has 1 aromatic heterocycles. The number of aromatic nitrogens is 1. The van der Waals surface area contributed by atoms with Gasteiger partial charge in [-0.05, 0) is 30.3 Å². The first-order chi connectivity index (χ1) is 8.66. The average molecular weight is 262 g/mol. The second-order valence-electron chi connectivity index (χ2n) is 3.69. The number of nitrogens with one attached hydrogen (secondary N) is 1. The largest absolute Gasteiger partial charge is 0.489 e. The molecule has 0 atom stereocenters. The Bertz CT molecular complexity index is 554. The second-order valence-corrected chi connectivity index (χ2v) is 4.10. The van der Waals surface area contributed by atoms with Crippen LogP contribution in [0.4, 0.5) is 0 Å². The standard InChI is InChI=1S/C13H12ClN3O/c14-12-7-17-6-5-10(12)8-18-11-3-1-9(2-4-11)13(15)16/h1-7H,8H2,(H3,15,16). The van der Waals surface area contributed by atoms with Crippen molar-refractivity contribution in [3.05, 3.63) is 58.9 Å². The van der Waals surface area contributed by atoms with Crippen LogP contribution in [0.15, 0.2) is 42.7 Å². The summed E-state index contributed by atoms with van der Waals surface area (Å²) in [5.41, 5.74) is 6.91. The van der Waals surface area contributed by atoms with Gasteiger partial charge in [-0.1, -0.05) is 11.6 Å². The number of nitrogens with two attached hydrogens (primary N) is 1. The van der Waals surface area contributed by atoms with E-state index in [1.165, 1.54) is 0 Å². The summed E-state index contributed by atoms with van der Waals surface area (Å²) >= 11 is 5.97. The highest BCUT2D eigenvalue weighted by Gasteiger charge is 2.01. The minimum Gasteiger partial charge on any atom is -0.489 e. The summed E-state index contributed by atoms with van der Waals surface area (Å²) in [7, 11) is 0. The monoisotopic (exact) mass is 261 g/mol. The molecule has 0 aliphatic heterocycles. The fourth-order valence-electron chi connectivity index (χ4n) is 1.41. The molecule has 18 heavy (non-hydrogen) atoms. The summed E-state index contributed by atoms with van der Waals surface area (Å²) in [6, 6.07) is 8.83. The molecular weight excluding hydrogens is 250 g/mol. The first-order valence-electron chi connectivity index (χ1n) is 5.32. The summed E-state index contributed by atoms with van der Waals surface area (Å²) in [6.07, 6.45) is 3.25. The Balaban J connectivity index is 2.02. The number of hydrogen-bond donors (Lipinski definition) is 2. The summed E-state index contributed by atoms with van der Waals surface area (Å²) in [5, 5.41) is 7.86. The molecule has 5 heteroatoms. The molecule has 2 aromatic rings. The molecule has 3 N–H and O–H groups in total. The maximum absolute atomic E-state index is 7.28. The van der Waals surface area contributed by atoms with Gasteiger partial charge in [-0.25, -0.2) is 0 Å². The minimum atomic E-state index is 0.0405. The zero-order valence-corrected chi connectivity index (χ0v) is 10.3. The zero-order chi connectivity index (χ0) is 13.0. The van der Waals surface area contributed by atoms with E-state index >= 15 is 0 Å². The highest BCUT2D eigenvalue weighted by molar-refractivity contribution is 6.31. The van der Waals surface area contributed by atoms with Crippen LogP contribution in [0.1, 0.15) is 11.1 Å². The normalized spacial score (nSPS) is 10.1. The molecule has 0 fully saturated rings. The molecular formula is C13H12ClN3O. The van der Waals surface area contributed by atoms with Crippen LogP contribution < -0.4 is 10.5 Å². The van der Waals surface area contributed by atoms with Crippen LogP contribution in [0.25, 0.3) is 0 Å². The SMILES string of the molecule is N=C(N)c1ccc(OCc2ccncc2Cl)cc1. The fraction of sp³-hybridized carbons (Fsp3) is 0.0769. The van der Waals surface area contributed by atoms with Crippen molar-refractivity contribution >= 4 is 17.4 Å². The van der Waals surface area contributed by atoms with Gasteiger partial charge < -0.3 is 10.5 Å². The van der Waals surface area contributed by atoms with Gasteiger partial charge in [0.15, 0.2) is 0 Å². The summed E-state index contributed by atoms with van der Waals surface area (Å²) in [5.74, 6) is 0.742. The van der Waals surface area contributed by atoms with Crippen molar-refractivity contribution in [3.8, 4) is 5.75 Å². The lowest BCUT2D eigenvalue weighted by Crippen LogP contribution is -2.10. The van der Waals surface area contributed by atoms with E-state index in [-0.39, 0.29) is 5.84 Å². The first kappa shape index (κ1) is 12.4. The molecule has 0 unspecified atom stereocenters. The smallest absolute Gasteiger partial charge is 0.122 e. The molecule has 1 aromatic carbocycles. The fourth-order valence-corrected chi connectivity index (χ4v) is 1.59. The molecule has 0 amide bonds. The Morgan fingerprint density at radius 3 is 2.61 bits per heavy atom. The molecule has 0 bridgehead atoms. The third-order valence-electron chi connectivity index (χ3n) is 2.42. The predicted octanol–water partition coefficient (Wildman–Crippen LogP) is 2.60. The Kier molecular flexibility index (Phi) is 3.79. The van der Waals surface area contributed by atoms with E-state index in [1.807, 2.05) is 6.07 Å². The van der Waals surface area contributed by atoms with E-state index in [0.717, 1.165) is 5.56 Å². The van der Waals surface area contributed by atoms with E-state index in [0.29, 0.717) is 22.9 Å². The zero-order valence-electron chi connectivity index (χ0n) is 9.56. The lowest BCUT2D eigenvalue weighted by Gasteiger charge is -2.07. The van der Waals surface area contributed by atoms with Crippen molar-refractivity contribution in [3.63, 3.8) is 0 Å². The Morgan fingerprint density at radius 1 is 1.28 bits per heavy atom. The van der Waals surface area contributed by atoms with E-state index in [2.05, 4.69) is 4.98 Å². The number of nitrogens with zero attached hydrogens (tertiary/aromatic N) is 1. The van der Waals surface area contributed by atoms with Crippen molar-refractivity contribution in [2.75, 3.05) is 0 Å². The molecule has 0 radical (unpaired) electrons. The molecule has 4 nitrogen and oxygen atoms in total. The molecule has 0 aliphatic rings. The quantitative estimate of drug-likeness (QED) is 0.656. The summed E-state index contributed by atoms with van der Waals surface area (Å²) in [4.78, 5) is 3.91. The number of nitrogen functional groups attached to an aromatic ring is 1. The summed E-state index contributed by atoms with van der Waals surface area (Å²) in [6.45, 7) is 0.376. The molecule has 0 saturated heterocycles. The maximum Gasteiger partial charge on any atom is 0.122 e. The third-order valence-corrected chi connectivity index (χ3v) is 2.76. The van der Waals surface area contributed by atoms with Crippen LogP contribution in [0, 0.1) is 5.41 Å². The van der Waals surface area contributed by atoms with Gasteiger partial charge in [0.25, 0.3) is 0 Å². The topological polar surface area (TPSA) is 72.0 Å². The van der Waals surface area contributed by atoms with Crippen molar-refractivity contribution in [1.82, 2.24) is 4.98 Å². The van der Waals surface area contributed by atoms with Crippen LogP contribution in [0.5, 0.6) is 5.75 Å². The van der Waals surface area contributed by atoms with Gasteiger partial charge in [-0.2, -0.15) is 0 Å². The van der Waals surface area contributed by atoms with Gasteiger partial charge in [0, 0.05) is 23.5 Å². The molecule has 0 spiro atoms. The van der Waals surface area contributed by atoms with Crippen molar-refractivity contribution in [2.24, 2.45) is 5.73 Å². The van der Waals surface area contributed by atoms with Crippen molar-refractivity contribution < 1.29 is 4.74 Å². The molecule has 0 saturated carbocycles. The molecule has 92 valence electrons. The highest BCUT2D eigenvalue weighted by Crippen LogP contribution is 2.18. The molecule has 0 aliphatic carbocycles. The van der Waals surface area contributed by atoms with Gasteiger partial charge in [0.05, 0.1) is 5.02 Å². The minimum absolute atomic E-state index is 0.0405. The van der Waals surface area contributed by atoms with Gasteiger partial charge in [-0.3, -0.25) is 10.4 Å². The van der Waals surface area contributed by atoms with Crippen molar-refractivity contribution in [1.29, 1.82) is 5.41 Å². The van der Waals surface area contributed by atoms with E-state index in [4.69, 9.17) is 27.5 Å². The van der Waals surface area contributed by atoms with Gasteiger partial charge in [0.2, 0.25) is 0 Å². The lowest BCUT2D eigenvalue weighted by molar-refractivity contribution is 0.306. The highest BCUT2D eigenvalue weighted by atomic mass is 35.5. The first-order valence-corrected chi connectivity index (χ1v) is 5.70. The Hall–Kier alpha value is -2.07. The Morgan fingerprint density at radius 2 is 2.00 bits per heavy atom. The molecule has 1 heterocycles. The number of halogens is 1. The van der Waals surface area contributed by atoms with Crippen LogP contribution in [0.2, 0.25) is 5.02 Å². The average Bonchev–Trinajstić information content (AvgIpc) is 2.38. The number of rotatable bonds is 4. The van der Waals surface area contributed by atoms with Crippen LogP contribution in [-0.4, -0.2) is 10.8 Å². The number of benzene rings is 1. The number of ether oxygens (including phenoxy) is 1. The molecule has 2 rings (SSSR count). The maximum atomic E-state index is 7.28. The van der Waals surface area contributed by atoms with E-state index in [1.54, 1.807) is 36.7 Å². The Labute approximate surface area is 110 Å². The van der Waals surface area contributed by atoms with Gasteiger partial charge in [-0.15, -0.1) is 0 Å². The van der Waals surface area contributed by atoms with Crippen LogP contribution in [0.3, 0.4) is 0 Å². The van der Waals surface area contributed by atoms with E-state index < -0.39 is 0 Å². The second kappa shape index (κ2) is 5.51.